The molecule has 7 fully saturated rings. The first-order chi connectivity index (χ1) is 21.2. The normalized spacial score (nSPS) is 45.9. The van der Waals surface area contributed by atoms with Gasteiger partial charge in [-0.1, -0.05) is 61.4 Å². The average Bonchev–Trinajstić information content (AvgIpc) is 3.73. The van der Waals surface area contributed by atoms with Crippen molar-refractivity contribution in [2.75, 3.05) is 31.1 Å². The van der Waals surface area contributed by atoms with E-state index in [0.717, 1.165) is 31.4 Å². The fourth-order valence-electron chi connectivity index (χ4n) is 13.0. The third-order valence-electron chi connectivity index (χ3n) is 14.5. The van der Waals surface area contributed by atoms with E-state index >= 15 is 0 Å². The number of aromatic nitrogens is 1. The minimum absolute atomic E-state index is 0.148. The van der Waals surface area contributed by atoms with E-state index in [0.29, 0.717) is 41.9 Å². The molecular weight excluding hydrogens is 528 g/mol. The molecule has 43 heavy (non-hydrogen) atoms. The zero-order valence-corrected chi connectivity index (χ0v) is 25.6. The van der Waals surface area contributed by atoms with Gasteiger partial charge < -0.3 is 14.6 Å². The number of fused-ring (bicyclic) bond motifs is 8. The summed E-state index contributed by atoms with van der Waals surface area (Å²) in [5.41, 5.74) is 9.52. The zero-order valence-electron chi connectivity index (χ0n) is 25.6. The molecule has 222 valence electrons. The molecule has 9 heterocycles. The summed E-state index contributed by atoms with van der Waals surface area (Å²) in [6.07, 6.45) is 8.98. The molecule has 0 radical (unpaired) electrons. The maximum absolute atomic E-state index is 7.41. The Labute approximate surface area is 255 Å². The van der Waals surface area contributed by atoms with Crippen LogP contribution in [0.25, 0.3) is 10.9 Å². The van der Waals surface area contributed by atoms with E-state index in [9.17, 15) is 0 Å². The first-order valence-corrected chi connectivity index (χ1v) is 17.4. The molecule has 0 amide bonds. The van der Waals surface area contributed by atoms with Crippen LogP contribution in [0.1, 0.15) is 62.4 Å². The highest BCUT2D eigenvalue weighted by Gasteiger charge is 2.71. The van der Waals surface area contributed by atoms with Gasteiger partial charge in [0.1, 0.15) is 6.23 Å². The second-order valence-corrected chi connectivity index (χ2v) is 15.4. The van der Waals surface area contributed by atoms with Gasteiger partial charge in [0.25, 0.3) is 0 Å². The maximum Gasteiger partial charge on any atom is 0.135 e. The van der Waals surface area contributed by atoms with E-state index < -0.39 is 0 Å². The lowest BCUT2D eigenvalue weighted by atomic mass is 9.54. The standard InChI is InChI=1S/C38H44N4O/c1-3-21-18-40-14-13-38-28-10-6-8-12-30(28)42-36(38)27(24(21)17-33(38)40)20-43-37(42)34-25-15-32-35-26(23-9-5-7-11-29(23)39-35)16-31(34)41(32)19-22(25)4-2/h4-12,21,24-25,27,31-34,36-37,39H,3,13-20H2,1-2H3/t21-,24+,25-,27+,31+,32+,33-,34?,36+,37+,38-/m1/s1. The van der Waals surface area contributed by atoms with E-state index in [1.807, 2.05) is 0 Å². The zero-order chi connectivity index (χ0) is 28.2. The van der Waals surface area contributed by atoms with Gasteiger partial charge in [-0.15, -0.1) is 0 Å². The number of ether oxygens (including phenoxy) is 1. The van der Waals surface area contributed by atoms with Crippen molar-refractivity contribution in [3.63, 3.8) is 0 Å². The highest BCUT2D eigenvalue weighted by atomic mass is 16.5. The molecule has 1 aliphatic carbocycles. The first-order valence-electron chi connectivity index (χ1n) is 17.4. The number of hydrogen-bond acceptors (Lipinski definition) is 4. The Hall–Kier alpha value is -2.60. The van der Waals surface area contributed by atoms with E-state index in [4.69, 9.17) is 4.74 Å². The van der Waals surface area contributed by atoms with Crippen molar-refractivity contribution in [1.82, 2.24) is 14.8 Å². The Bertz CT molecular complexity index is 1690. The van der Waals surface area contributed by atoms with Crippen molar-refractivity contribution in [2.24, 2.45) is 29.6 Å². The lowest BCUT2D eigenvalue weighted by Crippen LogP contribution is -2.73. The lowest BCUT2D eigenvalue weighted by molar-refractivity contribution is -0.157. The van der Waals surface area contributed by atoms with Gasteiger partial charge in [0.05, 0.1) is 12.6 Å². The summed E-state index contributed by atoms with van der Waals surface area (Å²) in [6.45, 7) is 9.40. The molecule has 1 aromatic heterocycles. The van der Waals surface area contributed by atoms with E-state index in [1.54, 1.807) is 16.7 Å². The molecule has 3 aromatic rings. The molecule has 9 aliphatic rings. The van der Waals surface area contributed by atoms with E-state index in [2.05, 4.69) is 88.1 Å². The van der Waals surface area contributed by atoms with Gasteiger partial charge in [-0.05, 0) is 80.2 Å². The van der Waals surface area contributed by atoms with E-state index in [1.165, 1.54) is 61.1 Å². The number of allylic oxidation sites excluding steroid dienone is 1. The van der Waals surface area contributed by atoms with Gasteiger partial charge in [0, 0.05) is 70.8 Å². The summed E-state index contributed by atoms with van der Waals surface area (Å²) in [6, 6.07) is 21.0. The summed E-state index contributed by atoms with van der Waals surface area (Å²) in [7, 11) is 0. The number of hydrogen-bond donors (Lipinski definition) is 1. The van der Waals surface area contributed by atoms with Crippen molar-refractivity contribution in [2.45, 2.75) is 81.8 Å². The smallest absolute Gasteiger partial charge is 0.135 e. The van der Waals surface area contributed by atoms with Crippen LogP contribution in [-0.4, -0.2) is 65.4 Å². The van der Waals surface area contributed by atoms with Crippen LogP contribution in [0, 0.1) is 29.6 Å². The van der Waals surface area contributed by atoms with Crippen molar-refractivity contribution in [3.8, 4) is 0 Å². The quantitative estimate of drug-likeness (QED) is 0.368. The number of benzene rings is 2. The Balaban J connectivity index is 1.07. The highest BCUT2D eigenvalue weighted by molar-refractivity contribution is 5.85. The predicted molar refractivity (Wildman–Crippen MR) is 170 cm³/mol. The Morgan fingerprint density at radius 1 is 1.07 bits per heavy atom. The van der Waals surface area contributed by atoms with Gasteiger partial charge in [0.2, 0.25) is 0 Å². The SMILES string of the molecule is CC=C1CN2[C@H]3C[C@H]1C([C@@H]1OC[C@H]4[C@H]5C[C@H]6N(CC[C@@]67c6ccccc6N1[C@@H]47)C[C@H]5CC)[C@@H]2Cc1c3[nH]c2ccccc12. The molecule has 6 bridgehead atoms. The largest absolute Gasteiger partial charge is 0.358 e. The third-order valence-corrected chi connectivity index (χ3v) is 14.5. The van der Waals surface area contributed by atoms with Crippen molar-refractivity contribution >= 4 is 16.6 Å². The number of nitrogens with zero attached hydrogens (tertiary/aromatic N) is 3. The van der Waals surface area contributed by atoms with Gasteiger partial charge >= 0.3 is 0 Å². The van der Waals surface area contributed by atoms with Crippen LogP contribution in [0.5, 0.6) is 0 Å². The third kappa shape index (κ3) is 2.80. The first kappa shape index (κ1) is 24.7. The number of H-pyrrole nitrogens is 1. The van der Waals surface area contributed by atoms with Gasteiger partial charge in [0.15, 0.2) is 0 Å². The Kier molecular flexibility index (Phi) is 4.80. The topological polar surface area (TPSA) is 34.7 Å². The Morgan fingerprint density at radius 3 is 2.86 bits per heavy atom. The molecular formula is C38H44N4O. The van der Waals surface area contributed by atoms with Crippen LogP contribution in [0.2, 0.25) is 0 Å². The number of nitrogens with one attached hydrogen (secondary N) is 1. The van der Waals surface area contributed by atoms with Gasteiger partial charge in [-0.3, -0.25) is 9.80 Å². The summed E-state index contributed by atoms with van der Waals surface area (Å²) < 4.78 is 7.41. The van der Waals surface area contributed by atoms with Gasteiger partial charge in [-0.25, -0.2) is 0 Å². The fraction of sp³-hybridized carbons (Fsp3) is 0.579. The van der Waals surface area contributed by atoms with Gasteiger partial charge in [-0.2, -0.15) is 0 Å². The van der Waals surface area contributed by atoms with Crippen molar-refractivity contribution in [3.05, 3.63) is 77.0 Å². The molecule has 8 aliphatic heterocycles. The molecule has 5 nitrogen and oxygen atoms in total. The Morgan fingerprint density at radius 2 is 1.95 bits per heavy atom. The van der Waals surface area contributed by atoms with Crippen LogP contribution in [0.3, 0.4) is 0 Å². The summed E-state index contributed by atoms with van der Waals surface area (Å²) in [5.74, 6) is 3.33. The number of rotatable bonds is 2. The number of aromatic amines is 1. The second-order valence-electron chi connectivity index (χ2n) is 15.4. The van der Waals surface area contributed by atoms with Crippen LogP contribution >= 0.6 is 0 Å². The predicted octanol–water partition coefficient (Wildman–Crippen LogP) is 6.26. The molecule has 1 N–H and O–H groups in total. The number of piperidine rings is 4. The molecule has 6 saturated heterocycles. The summed E-state index contributed by atoms with van der Waals surface area (Å²) in [5, 5.41) is 1.45. The molecule has 1 spiro atoms. The molecule has 2 unspecified atom stereocenters. The fourth-order valence-corrected chi connectivity index (χ4v) is 13.0. The second kappa shape index (κ2) is 8.35. The number of anilines is 1. The summed E-state index contributed by atoms with van der Waals surface area (Å²) >= 11 is 0. The van der Waals surface area contributed by atoms with Crippen molar-refractivity contribution < 1.29 is 4.74 Å². The number of para-hydroxylation sites is 2. The van der Waals surface area contributed by atoms with E-state index in [-0.39, 0.29) is 11.6 Å². The van der Waals surface area contributed by atoms with Crippen LogP contribution < -0.4 is 4.90 Å². The minimum Gasteiger partial charge on any atom is -0.358 e. The highest BCUT2D eigenvalue weighted by Crippen LogP contribution is 2.66. The summed E-state index contributed by atoms with van der Waals surface area (Å²) in [4.78, 5) is 12.7. The molecule has 12 atom stereocenters. The lowest BCUT2D eigenvalue weighted by Gasteiger charge is -2.65. The van der Waals surface area contributed by atoms with Crippen LogP contribution in [-0.2, 0) is 16.6 Å². The average molecular weight is 573 g/mol. The van der Waals surface area contributed by atoms with Crippen LogP contribution in [0.4, 0.5) is 5.69 Å². The minimum atomic E-state index is 0.148. The molecule has 5 heteroatoms. The van der Waals surface area contributed by atoms with Crippen molar-refractivity contribution in [1.29, 1.82) is 0 Å². The van der Waals surface area contributed by atoms with Crippen LogP contribution in [0.15, 0.2) is 60.2 Å². The molecule has 1 saturated carbocycles. The molecule has 12 rings (SSSR count). The maximum atomic E-state index is 7.41. The monoisotopic (exact) mass is 572 g/mol. The molecule has 2 aromatic carbocycles.